The predicted molar refractivity (Wildman–Crippen MR) is 142 cm³/mol. The molecule has 2 nitrogen and oxygen atoms in total. The summed E-state index contributed by atoms with van der Waals surface area (Å²) in [5.41, 5.74) is 1.17. The first-order valence-corrected chi connectivity index (χ1v) is 14.9. The van der Waals surface area contributed by atoms with Gasteiger partial charge in [-0.25, -0.2) is 4.79 Å². The second-order valence-corrected chi connectivity index (χ2v) is 14.0. The zero-order chi connectivity index (χ0) is 24.5. The number of allylic oxidation sites excluding steroid dienone is 1. The van der Waals surface area contributed by atoms with Crippen molar-refractivity contribution in [1.82, 2.24) is 0 Å². The number of methoxy groups -OCH3 is 1. The van der Waals surface area contributed by atoms with Crippen LogP contribution in [0.15, 0.2) is 12.2 Å². The zero-order valence-electron chi connectivity index (χ0n) is 23.3. The molecule has 4 aliphatic rings. The molecule has 0 heterocycles. The highest BCUT2D eigenvalue weighted by Crippen LogP contribution is 2.68. The molecule has 194 valence electrons. The third-order valence-corrected chi connectivity index (χ3v) is 11.9. The summed E-state index contributed by atoms with van der Waals surface area (Å²) in [6, 6.07) is 0. The average molecular weight is 471 g/mol. The van der Waals surface area contributed by atoms with Crippen LogP contribution in [-0.2, 0) is 9.53 Å². The molecule has 0 aliphatic heterocycles. The van der Waals surface area contributed by atoms with E-state index in [-0.39, 0.29) is 5.97 Å². The highest BCUT2D eigenvalue weighted by atomic mass is 16.5. The molecule has 4 rings (SSSR count). The summed E-state index contributed by atoms with van der Waals surface area (Å²) >= 11 is 0. The SMILES string of the molecule is COC(=O)/C=C/C[C@H]1CC[C@@]2(C)[C@@H](CC[C@@H]3[C@@H]2CC[C@]2(C)[C@@H]([C@H](C)CCCC(C)C)CC[C@@H]32)C1. The van der Waals surface area contributed by atoms with Gasteiger partial charge >= 0.3 is 5.97 Å². The minimum atomic E-state index is -0.212. The molecule has 34 heavy (non-hydrogen) atoms. The number of fused-ring (bicyclic) bond motifs is 5. The van der Waals surface area contributed by atoms with E-state index in [0.29, 0.717) is 10.8 Å². The summed E-state index contributed by atoms with van der Waals surface area (Å²) in [7, 11) is 1.46. The van der Waals surface area contributed by atoms with Crippen LogP contribution in [0.5, 0.6) is 0 Å². The van der Waals surface area contributed by atoms with Crippen molar-refractivity contribution in [2.75, 3.05) is 7.11 Å². The van der Waals surface area contributed by atoms with Crippen LogP contribution in [0, 0.1) is 58.2 Å². The van der Waals surface area contributed by atoms with E-state index < -0.39 is 0 Å². The van der Waals surface area contributed by atoms with E-state index in [0.717, 1.165) is 53.8 Å². The minimum Gasteiger partial charge on any atom is -0.466 e. The van der Waals surface area contributed by atoms with Gasteiger partial charge in [0.05, 0.1) is 7.11 Å². The summed E-state index contributed by atoms with van der Waals surface area (Å²) in [5, 5.41) is 0. The molecule has 0 aromatic rings. The Kier molecular flexibility index (Phi) is 8.25. The fraction of sp³-hybridized carbons (Fsp3) is 0.906. The third-order valence-electron chi connectivity index (χ3n) is 11.9. The Morgan fingerprint density at radius 1 is 0.941 bits per heavy atom. The Bertz CT molecular complexity index is 725. The highest BCUT2D eigenvalue weighted by molar-refractivity contribution is 5.81. The fourth-order valence-corrected chi connectivity index (χ4v) is 10.0. The number of ether oxygens (including phenoxy) is 1. The number of hydrogen-bond acceptors (Lipinski definition) is 2. The van der Waals surface area contributed by atoms with E-state index in [1.54, 1.807) is 6.08 Å². The second-order valence-electron chi connectivity index (χ2n) is 14.0. The van der Waals surface area contributed by atoms with Crippen LogP contribution in [0.2, 0.25) is 0 Å². The van der Waals surface area contributed by atoms with Crippen LogP contribution in [0.4, 0.5) is 0 Å². The van der Waals surface area contributed by atoms with E-state index in [1.807, 2.05) is 0 Å². The van der Waals surface area contributed by atoms with Gasteiger partial charge in [-0.15, -0.1) is 0 Å². The molecular formula is C32H54O2. The number of hydrogen-bond donors (Lipinski definition) is 0. The third kappa shape index (κ3) is 5.04. The molecular weight excluding hydrogens is 416 g/mol. The van der Waals surface area contributed by atoms with Crippen molar-refractivity contribution in [3.05, 3.63) is 12.2 Å². The normalized spacial score (nSPS) is 42.8. The molecule has 0 saturated heterocycles. The van der Waals surface area contributed by atoms with Gasteiger partial charge in [0.1, 0.15) is 0 Å². The Labute approximate surface area is 211 Å². The quantitative estimate of drug-likeness (QED) is 0.261. The van der Waals surface area contributed by atoms with Crippen LogP contribution in [0.3, 0.4) is 0 Å². The molecule has 2 heteroatoms. The maximum Gasteiger partial charge on any atom is 0.330 e. The predicted octanol–water partition coefficient (Wildman–Crippen LogP) is 8.84. The van der Waals surface area contributed by atoms with Crippen molar-refractivity contribution >= 4 is 5.97 Å². The van der Waals surface area contributed by atoms with Crippen LogP contribution in [0.1, 0.15) is 118 Å². The molecule has 4 saturated carbocycles. The Balaban J connectivity index is 1.38. The lowest BCUT2D eigenvalue weighted by Crippen LogP contribution is -2.53. The number of esters is 1. The maximum atomic E-state index is 11.4. The lowest BCUT2D eigenvalue weighted by Gasteiger charge is -2.61. The molecule has 0 bridgehead atoms. The van der Waals surface area contributed by atoms with Crippen molar-refractivity contribution in [1.29, 1.82) is 0 Å². The van der Waals surface area contributed by atoms with Gasteiger partial charge in [0.2, 0.25) is 0 Å². The standard InChI is InChI=1S/C32H54O2/c1-22(2)9-7-10-23(3)27-15-16-28-26-14-13-25-21-24(11-8-12-30(33)34-6)17-19-31(25,4)29(26)18-20-32(27,28)5/h8,12,22-29H,7,9-11,13-21H2,1-6H3/b12-8+/t23-,24+,25+,26+,27-,28+,29+,31+,32-/m1/s1. The van der Waals surface area contributed by atoms with Gasteiger partial charge in [-0.3, -0.25) is 0 Å². The smallest absolute Gasteiger partial charge is 0.330 e. The summed E-state index contributed by atoms with van der Waals surface area (Å²) < 4.78 is 4.77. The highest BCUT2D eigenvalue weighted by Gasteiger charge is 2.60. The topological polar surface area (TPSA) is 26.3 Å². The van der Waals surface area contributed by atoms with Crippen LogP contribution in [0.25, 0.3) is 0 Å². The molecule has 0 amide bonds. The number of rotatable bonds is 8. The van der Waals surface area contributed by atoms with Gasteiger partial charge in [-0.1, -0.05) is 60.0 Å². The first kappa shape index (κ1) is 26.3. The van der Waals surface area contributed by atoms with Crippen LogP contribution in [-0.4, -0.2) is 13.1 Å². The van der Waals surface area contributed by atoms with Gasteiger partial charge in [0, 0.05) is 6.08 Å². The molecule has 0 unspecified atom stereocenters. The number of carbonyl (C=O) groups excluding carboxylic acids is 1. The Hall–Kier alpha value is -0.790. The van der Waals surface area contributed by atoms with Crippen molar-refractivity contribution in [3.63, 3.8) is 0 Å². The first-order chi connectivity index (χ1) is 16.2. The molecule has 0 radical (unpaired) electrons. The zero-order valence-corrected chi connectivity index (χ0v) is 23.3. The van der Waals surface area contributed by atoms with Gasteiger partial charge in [0.25, 0.3) is 0 Å². The second kappa shape index (κ2) is 10.7. The average Bonchev–Trinajstić information content (AvgIpc) is 3.16. The van der Waals surface area contributed by atoms with E-state index in [2.05, 4.69) is 40.7 Å². The molecule has 0 aromatic carbocycles. The van der Waals surface area contributed by atoms with Crippen molar-refractivity contribution in [2.24, 2.45) is 58.2 Å². The van der Waals surface area contributed by atoms with Crippen LogP contribution < -0.4 is 0 Å². The molecule has 0 aromatic heterocycles. The van der Waals surface area contributed by atoms with Gasteiger partial charge in [-0.05, 0) is 122 Å². The summed E-state index contributed by atoms with van der Waals surface area (Å²) in [4.78, 5) is 11.4. The lowest BCUT2D eigenvalue weighted by molar-refractivity contribution is -0.134. The summed E-state index contributed by atoms with van der Waals surface area (Å²) in [6.45, 7) is 12.8. The summed E-state index contributed by atoms with van der Waals surface area (Å²) in [5.74, 6) is 7.11. The first-order valence-electron chi connectivity index (χ1n) is 14.9. The van der Waals surface area contributed by atoms with Crippen molar-refractivity contribution < 1.29 is 9.53 Å². The molecule has 0 spiro atoms. The van der Waals surface area contributed by atoms with Gasteiger partial charge in [-0.2, -0.15) is 0 Å². The molecule has 4 aliphatic carbocycles. The van der Waals surface area contributed by atoms with Crippen LogP contribution >= 0.6 is 0 Å². The molecule has 4 fully saturated rings. The van der Waals surface area contributed by atoms with E-state index in [1.165, 1.54) is 84.2 Å². The molecule has 0 N–H and O–H groups in total. The fourth-order valence-electron chi connectivity index (χ4n) is 10.0. The summed E-state index contributed by atoms with van der Waals surface area (Å²) in [6.07, 6.45) is 22.1. The van der Waals surface area contributed by atoms with E-state index in [9.17, 15) is 4.79 Å². The Morgan fingerprint density at radius 3 is 2.41 bits per heavy atom. The largest absolute Gasteiger partial charge is 0.466 e. The Morgan fingerprint density at radius 2 is 1.68 bits per heavy atom. The van der Waals surface area contributed by atoms with Crippen molar-refractivity contribution in [3.8, 4) is 0 Å². The maximum absolute atomic E-state index is 11.4. The van der Waals surface area contributed by atoms with Gasteiger partial charge < -0.3 is 4.74 Å². The van der Waals surface area contributed by atoms with Crippen molar-refractivity contribution in [2.45, 2.75) is 118 Å². The molecule has 9 atom stereocenters. The minimum absolute atomic E-state index is 0.212. The monoisotopic (exact) mass is 470 g/mol. The van der Waals surface area contributed by atoms with E-state index in [4.69, 9.17) is 4.74 Å². The lowest BCUT2D eigenvalue weighted by atomic mass is 9.44. The number of carbonyl (C=O) groups is 1. The van der Waals surface area contributed by atoms with E-state index >= 15 is 0 Å². The van der Waals surface area contributed by atoms with Gasteiger partial charge in [0.15, 0.2) is 0 Å².